The quantitative estimate of drug-likeness (QED) is 0.613. The predicted molar refractivity (Wildman–Crippen MR) is 72.1 cm³/mol. The summed E-state index contributed by atoms with van der Waals surface area (Å²) < 4.78 is 0. The van der Waals surface area contributed by atoms with Gasteiger partial charge in [0.15, 0.2) is 0 Å². The van der Waals surface area contributed by atoms with Crippen LogP contribution in [-0.4, -0.2) is 0 Å². The molecule has 0 heterocycles. The second-order valence-corrected chi connectivity index (χ2v) is 5.47. The van der Waals surface area contributed by atoms with Gasteiger partial charge in [0.25, 0.3) is 0 Å². The third kappa shape index (κ3) is 3.02. The Kier molecular flexibility index (Phi) is 3.94. The lowest BCUT2D eigenvalue weighted by Gasteiger charge is -2.20. The molecular formula is C14H16Cl2. The van der Waals surface area contributed by atoms with Crippen molar-refractivity contribution >= 4 is 29.3 Å². The summed E-state index contributed by atoms with van der Waals surface area (Å²) in [5, 5.41) is 1.27. The monoisotopic (exact) mass is 254 g/mol. The first kappa shape index (κ1) is 12.0. The topological polar surface area (TPSA) is 0 Å². The standard InChI is InChI=1S/C14H16Cl2/c1-10-2-4-11(5-3-10)8-12-6-7-13(15)14(16)9-12/h6-10H,2-5H2,1H3. The molecule has 1 aromatic rings. The van der Waals surface area contributed by atoms with Crippen molar-refractivity contribution in [1.29, 1.82) is 0 Å². The molecule has 0 spiro atoms. The van der Waals surface area contributed by atoms with E-state index in [0.717, 1.165) is 5.92 Å². The summed E-state index contributed by atoms with van der Waals surface area (Å²) in [4.78, 5) is 0. The van der Waals surface area contributed by atoms with Crippen LogP contribution in [0.25, 0.3) is 6.08 Å². The molecule has 16 heavy (non-hydrogen) atoms. The molecule has 0 bridgehead atoms. The maximum Gasteiger partial charge on any atom is 0.0598 e. The first-order valence-electron chi connectivity index (χ1n) is 5.79. The maximum atomic E-state index is 5.99. The Morgan fingerprint density at radius 3 is 2.44 bits per heavy atom. The average molecular weight is 255 g/mol. The van der Waals surface area contributed by atoms with Crippen molar-refractivity contribution in [2.75, 3.05) is 0 Å². The molecule has 0 aliphatic heterocycles. The summed E-state index contributed by atoms with van der Waals surface area (Å²) in [6.07, 6.45) is 7.33. The minimum Gasteiger partial charge on any atom is -0.0827 e. The van der Waals surface area contributed by atoms with Crippen LogP contribution in [0, 0.1) is 5.92 Å². The highest BCUT2D eigenvalue weighted by atomic mass is 35.5. The van der Waals surface area contributed by atoms with E-state index < -0.39 is 0 Å². The Balaban J connectivity index is 2.13. The molecule has 0 amide bonds. The molecule has 0 nitrogen and oxygen atoms in total. The summed E-state index contributed by atoms with van der Waals surface area (Å²) >= 11 is 11.9. The van der Waals surface area contributed by atoms with Crippen LogP contribution < -0.4 is 0 Å². The highest BCUT2D eigenvalue weighted by molar-refractivity contribution is 6.42. The van der Waals surface area contributed by atoms with Crippen LogP contribution in [0.5, 0.6) is 0 Å². The molecule has 0 unspecified atom stereocenters. The number of allylic oxidation sites excluding steroid dienone is 1. The molecule has 2 rings (SSSR count). The minimum absolute atomic E-state index is 0.626. The highest BCUT2D eigenvalue weighted by Crippen LogP contribution is 2.30. The first-order valence-corrected chi connectivity index (χ1v) is 6.55. The van der Waals surface area contributed by atoms with Crippen LogP contribution in [-0.2, 0) is 0 Å². The van der Waals surface area contributed by atoms with Gasteiger partial charge in [0.2, 0.25) is 0 Å². The van der Waals surface area contributed by atoms with E-state index >= 15 is 0 Å². The van der Waals surface area contributed by atoms with E-state index in [1.165, 1.54) is 36.8 Å². The lowest BCUT2D eigenvalue weighted by molar-refractivity contribution is 0.446. The van der Waals surface area contributed by atoms with Crippen molar-refractivity contribution in [3.05, 3.63) is 39.4 Å². The molecule has 1 aliphatic rings. The smallest absolute Gasteiger partial charge is 0.0598 e. The zero-order chi connectivity index (χ0) is 11.5. The van der Waals surface area contributed by atoms with Crippen molar-refractivity contribution < 1.29 is 0 Å². The fraction of sp³-hybridized carbons (Fsp3) is 0.429. The van der Waals surface area contributed by atoms with E-state index in [1.807, 2.05) is 18.2 Å². The van der Waals surface area contributed by atoms with Gasteiger partial charge in [-0.2, -0.15) is 0 Å². The van der Waals surface area contributed by atoms with Crippen LogP contribution in [0.4, 0.5) is 0 Å². The molecule has 0 radical (unpaired) electrons. The Morgan fingerprint density at radius 1 is 1.12 bits per heavy atom. The summed E-state index contributed by atoms with van der Waals surface area (Å²) in [5.74, 6) is 0.881. The van der Waals surface area contributed by atoms with Gasteiger partial charge >= 0.3 is 0 Å². The Bertz CT molecular complexity index is 397. The lowest BCUT2D eigenvalue weighted by Crippen LogP contribution is -2.03. The summed E-state index contributed by atoms with van der Waals surface area (Å²) in [7, 11) is 0. The largest absolute Gasteiger partial charge is 0.0827 e. The van der Waals surface area contributed by atoms with Crippen molar-refractivity contribution in [2.45, 2.75) is 32.6 Å². The number of hydrogen-bond acceptors (Lipinski definition) is 0. The molecular weight excluding hydrogens is 239 g/mol. The number of rotatable bonds is 1. The second-order valence-electron chi connectivity index (χ2n) is 4.66. The Morgan fingerprint density at radius 2 is 1.81 bits per heavy atom. The molecule has 86 valence electrons. The minimum atomic E-state index is 0.626. The van der Waals surface area contributed by atoms with Crippen LogP contribution in [0.1, 0.15) is 38.2 Å². The van der Waals surface area contributed by atoms with Crippen molar-refractivity contribution in [2.24, 2.45) is 5.92 Å². The van der Waals surface area contributed by atoms with Crippen LogP contribution >= 0.6 is 23.2 Å². The van der Waals surface area contributed by atoms with E-state index in [1.54, 1.807) is 0 Å². The van der Waals surface area contributed by atoms with Crippen LogP contribution in [0.2, 0.25) is 10.0 Å². The SMILES string of the molecule is CC1CCC(=Cc2ccc(Cl)c(Cl)c2)CC1. The van der Waals surface area contributed by atoms with Gasteiger partial charge in [-0.1, -0.05) is 47.8 Å². The van der Waals surface area contributed by atoms with Crippen molar-refractivity contribution in [3.63, 3.8) is 0 Å². The second kappa shape index (κ2) is 5.25. The third-order valence-electron chi connectivity index (χ3n) is 3.23. The van der Waals surface area contributed by atoms with Gasteiger partial charge < -0.3 is 0 Å². The van der Waals surface area contributed by atoms with E-state index in [9.17, 15) is 0 Å². The number of halogens is 2. The molecule has 0 N–H and O–H groups in total. The lowest BCUT2D eigenvalue weighted by atomic mass is 9.86. The first-order chi connectivity index (χ1) is 7.65. The van der Waals surface area contributed by atoms with E-state index in [4.69, 9.17) is 23.2 Å². The fourth-order valence-corrected chi connectivity index (χ4v) is 2.42. The van der Waals surface area contributed by atoms with Gasteiger partial charge in [0, 0.05) is 0 Å². The van der Waals surface area contributed by atoms with E-state index in [0.29, 0.717) is 10.0 Å². The molecule has 1 fully saturated rings. The third-order valence-corrected chi connectivity index (χ3v) is 3.97. The molecule has 2 heteroatoms. The van der Waals surface area contributed by atoms with Gasteiger partial charge in [-0.15, -0.1) is 0 Å². The maximum absolute atomic E-state index is 5.99. The van der Waals surface area contributed by atoms with Crippen molar-refractivity contribution in [1.82, 2.24) is 0 Å². The van der Waals surface area contributed by atoms with Crippen LogP contribution in [0.15, 0.2) is 23.8 Å². The van der Waals surface area contributed by atoms with Crippen molar-refractivity contribution in [3.8, 4) is 0 Å². The summed E-state index contributed by atoms with van der Waals surface area (Å²) in [6.45, 7) is 2.33. The number of hydrogen-bond donors (Lipinski definition) is 0. The van der Waals surface area contributed by atoms with Crippen LogP contribution in [0.3, 0.4) is 0 Å². The molecule has 1 aromatic carbocycles. The normalized spacial score (nSPS) is 20.9. The molecule has 0 atom stereocenters. The Labute approximate surface area is 107 Å². The highest BCUT2D eigenvalue weighted by Gasteiger charge is 2.12. The zero-order valence-electron chi connectivity index (χ0n) is 9.47. The van der Waals surface area contributed by atoms with E-state index in [-0.39, 0.29) is 0 Å². The predicted octanol–water partition coefficient (Wildman–Crippen LogP) is 5.59. The summed E-state index contributed by atoms with van der Waals surface area (Å²) in [5.41, 5.74) is 2.70. The van der Waals surface area contributed by atoms with E-state index in [2.05, 4.69) is 13.0 Å². The molecule has 1 aliphatic carbocycles. The van der Waals surface area contributed by atoms with Gasteiger partial charge in [0.1, 0.15) is 0 Å². The average Bonchev–Trinajstić information content (AvgIpc) is 2.27. The molecule has 1 saturated carbocycles. The molecule has 0 saturated heterocycles. The Hall–Kier alpha value is -0.460. The molecule has 0 aromatic heterocycles. The van der Waals surface area contributed by atoms with Gasteiger partial charge in [-0.3, -0.25) is 0 Å². The van der Waals surface area contributed by atoms with Gasteiger partial charge in [0.05, 0.1) is 10.0 Å². The number of benzene rings is 1. The zero-order valence-corrected chi connectivity index (χ0v) is 11.0. The summed E-state index contributed by atoms with van der Waals surface area (Å²) in [6, 6.07) is 5.83. The van der Waals surface area contributed by atoms with Gasteiger partial charge in [-0.05, 0) is 49.3 Å². The fourth-order valence-electron chi connectivity index (χ4n) is 2.12. The van der Waals surface area contributed by atoms with Gasteiger partial charge in [-0.25, -0.2) is 0 Å².